The van der Waals surface area contributed by atoms with Crippen LogP contribution in [0.5, 0.6) is 0 Å². The molecule has 0 amide bonds. The highest BCUT2D eigenvalue weighted by Gasteiger charge is 2.20. The van der Waals surface area contributed by atoms with Crippen molar-refractivity contribution in [1.29, 1.82) is 0 Å². The highest BCUT2D eigenvalue weighted by molar-refractivity contribution is 7.09. The van der Waals surface area contributed by atoms with E-state index in [9.17, 15) is 4.79 Å². The largest absolute Gasteiger partial charge is 0.468 e. The fourth-order valence-corrected chi connectivity index (χ4v) is 2.74. The van der Waals surface area contributed by atoms with Crippen molar-refractivity contribution >= 4 is 28.9 Å². The standard InChI is InChI=1S/C15H16ClNO2S/c1-19-15(18)14(11-4-6-12(16)7-5-11)17-9-8-13-3-2-10-20-13/h2-7,10,14,17H,8-9H2,1H3. The molecule has 106 valence electrons. The minimum atomic E-state index is -0.461. The fourth-order valence-electron chi connectivity index (χ4n) is 1.90. The van der Waals surface area contributed by atoms with Crippen molar-refractivity contribution < 1.29 is 9.53 Å². The Balaban J connectivity index is 2.00. The summed E-state index contributed by atoms with van der Waals surface area (Å²) < 4.78 is 4.85. The first kappa shape index (κ1) is 15.0. The number of methoxy groups -OCH3 is 1. The van der Waals surface area contributed by atoms with Crippen LogP contribution in [0.3, 0.4) is 0 Å². The molecular formula is C15H16ClNO2S. The summed E-state index contributed by atoms with van der Waals surface area (Å²) in [6.45, 7) is 0.711. The lowest BCUT2D eigenvalue weighted by Crippen LogP contribution is -2.31. The van der Waals surface area contributed by atoms with Crippen LogP contribution in [-0.2, 0) is 16.0 Å². The molecule has 5 heteroatoms. The Bertz CT molecular complexity index is 540. The number of hydrogen-bond donors (Lipinski definition) is 1. The van der Waals surface area contributed by atoms with Gasteiger partial charge in [0.15, 0.2) is 0 Å². The van der Waals surface area contributed by atoms with E-state index in [-0.39, 0.29) is 5.97 Å². The van der Waals surface area contributed by atoms with Gasteiger partial charge in [0.1, 0.15) is 6.04 Å². The topological polar surface area (TPSA) is 38.3 Å². The molecule has 1 heterocycles. The van der Waals surface area contributed by atoms with Crippen molar-refractivity contribution in [2.45, 2.75) is 12.5 Å². The third-order valence-corrected chi connectivity index (χ3v) is 4.13. The van der Waals surface area contributed by atoms with Crippen molar-refractivity contribution in [3.63, 3.8) is 0 Å². The van der Waals surface area contributed by atoms with Gasteiger partial charge in [-0.3, -0.25) is 0 Å². The van der Waals surface area contributed by atoms with Gasteiger partial charge in [0.05, 0.1) is 7.11 Å². The molecule has 0 fully saturated rings. The van der Waals surface area contributed by atoms with Crippen molar-refractivity contribution in [1.82, 2.24) is 5.32 Å². The highest BCUT2D eigenvalue weighted by Crippen LogP contribution is 2.18. The van der Waals surface area contributed by atoms with Crippen LogP contribution in [0.15, 0.2) is 41.8 Å². The second-order valence-corrected chi connectivity index (χ2v) is 5.76. The monoisotopic (exact) mass is 309 g/mol. The molecule has 0 aliphatic heterocycles. The van der Waals surface area contributed by atoms with Crippen LogP contribution in [0.4, 0.5) is 0 Å². The predicted octanol–water partition coefficient (Wildman–Crippen LogP) is 3.45. The first-order valence-electron chi connectivity index (χ1n) is 6.30. The van der Waals surface area contributed by atoms with E-state index >= 15 is 0 Å². The van der Waals surface area contributed by atoms with Crippen LogP contribution in [0, 0.1) is 0 Å². The third-order valence-electron chi connectivity index (χ3n) is 2.94. The minimum absolute atomic E-state index is 0.293. The van der Waals surface area contributed by atoms with Crippen LogP contribution >= 0.6 is 22.9 Å². The smallest absolute Gasteiger partial charge is 0.327 e. The van der Waals surface area contributed by atoms with Gasteiger partial charge in [-0.05, 0) is 35.6 Å². The summed E-state index contributed by atoms with van der Waals surface area (Å²) in [5, 5.41) is 5.93. The van der Waals surface area contributed by atoms with Crippen molar-refractivity contribution in [3.8, 4) is 0 Å². The second-order valence-electron chi connectivity index (χ2n) is 4.29. The first-order valence-corrected chi connectivity index (χ1v) is 7.55. The van der Waals surface area contributed by atoms with Gasteiger partial charge in [-0.25, -0.2) is 4.79 Å². The van der Waals surface area contributed by atoms with E-state index in [2.05, 4.69) is 11.4 Å². The molecule has 3 nitrogen and oxygen atoms in total. The Morgan fingerprint density at radius 2 is 2.10 bits per heavy atom. The number of halogens is 1. The van der Waals surface area contributed by atoms with Crippen molar-refractivity contribution in [2.24, 2.45) is 0 Å². The molecule has 1 aromatic carbocycles. The third kappa shape index (κ3) is 4.07. The number of thiophene rings is 1. The molecule has 0 aliphatic carbocycles. The summed E-state index contributed by atoms with van der Waals surface area (Å²) in [6, 6.07) is 10.9. The van der Waals surface area contributed by atoms with E-state index in [1.165, 1.54) is 12.0 Å². The Kier molecular flexibility index (Phi) is 5.59. The number of benzene rings is 1. The van der Waals surface area contributed by atoms with Gasteiger partial charge in [0.25, 0.3) is 0 Å². The molecule has 1 N–H and O–H groups in total. The highest BCUT2D eigenvalue weighted by atomic mass is 35.5. The zero-order valence-corrected chi connectivity index (χ0v) is 12.7. The van der Waals surface area contributed by atoms with E-state index in [0.717, 1.165) is 12.0 Å². The van der Waals surface area contributed by atoms with Crippen LogP contribution in [-0.4, -0.2) is 19.6 Å². The predicted molar refractivity (Wildman–Crippen MR) is 82.2 cm³/mol. The molecule has 0 radical (unpaired) electrons. The number of carbonyl (C=O) groups is 1. The van der Waals surface area contributed by atoms with Crippen molar-refractivity contribution in [3.05, 3.63) is 57.2 Å². The van der Waals surface area contributed by atoms with Crippen LogP contribution in [0.2, 0.25) is 5.02 Å². The molecular weight excluding hydrogens is 294 g/mol. The summed E-state index contributed by atoms with van der Waals surface area (Å²) >= 11 is 7.58. The van der Waals surface area contributed by atoms with E-state index < -0.39 is 6.04 Å². The molecule has 2 aromatic rings. The van der Waals surface area contributed by atoms with Crippen LogP contribution < -0.4 is 5.32 Å². The van der Waals surface area contributed by atoms with Gasteiger partial charge in [0.2, 0.25) is 0 Å². The number of carbonyl (C=O) groups excluding carboxylic acids is 1. The molecule has 0 spiro atoms. The summed E-state index contributed by atoms with van der Waals surface area (Å²) in [7, 11) is 1.40. The Morgan fingerprint density at radius 3 is 2.70 bits per heavy atom. The van der Waals surface area contributed by atoms with E-state index in [1.54, 1.807) is 23.5 Å². The average Bonchev–Trinajstić information content (AvgIpc) is 2.97. The lowest BCUT2D eigenvalue weighted by Gasteiger charge is -2.16. The molecule has 0 saturated heterocycles. The summed E-state index contributed by atoms with van der Waals surface area (Å²) in [6.07, 6.45) is 0.888. The number of rotatable bonds is 6. The van der Waals surface area contributed by atoms with Gasteiger partial charge in [-0.2, -0.15) is 0 Å². The zero-order valence-electron chi connectivity index (χ0n) is 11.1. The van der Waals surface area contributed by atoms with E-state index in [0.29, 0.717) is 11.6 Å². The summed E-state index contributed by atoms with van der Waals surface area (Å²) in [4.78, 5) is 13.2. The number of ether oxygens (including phenoxy) is 1. The Labute approximate surface area is 127 Å². The van der Waals surface area contributed by atoms with Gasteiger partial charge in [-0.15, -0.1) is 11.3 Å². The zero-order chi connectivity index (χ0) is 14.4. The quantitative estimate of drug-likeness (QED) is 0.831. The second kappa shape index (κ2) is 7.43. The van der Waals surface area contributed by atoms with Crippen LogP contribution in [0.25, 0.3) is 0 Å². The molecule has 0 aliphatic rings. The molecule has 0 saturated carbocycles. The fraction of sp³-hybridized carbons (Fsp3) is 0.267. The van der Waals surface area contributed by atoms with E-state index in [4.69, 9.17) is 16.3 Å². The molecule has 1 aromatic heterocycles. The molecule has 0 bridgehead atoms. The van der Waals surface area contributed by atoms with Gasteiger partial charge in [0, 0.05) is 16.4 Å². The van der Waals surface area contributed by atoms with Gasteiger partial charge < -0.3 is 10.1 Å². The molecule has 20 heavy (non-hydrogen) atoms. The maximum absolute atomic E-state index is 11.9. The molecule has 2 rings (SSSR count). The number of nitrogens with one attached hydrogen (secondary N) is 1. The lowest BCUT2D eigenvalue weighted by atomic mass is 10.1. The average molecular weight is 310 g/mol. The number of hydrogen-bond acceptors (Lipinski definition) is 4. The van der Waals surface area contributed by atoms with Crippen LogP contribution in [0.1, 0.15) is 16.5 Å². The molecule has 1 atom stereocenters. The van der Waals surface area contributed by atoms with Gasteiger partial charge in [-0.1, -0.05) is 29.8 Å². The maximum Gasteiger partial charge on any atom is 0.327 e. The maximum atomic E-state index is 11.9. The number of esters is 1. The Morgan fingerprint density at radius 1 is 1.35 bits per heavy atom. The SMILES string of the molecule is COC(=O)C(NCCc1cccs1)c1ccc(Cl)cc1. The molecule has 1 unspecified atom stereocenters. The lowest BCUT2D eigenvalue weighted by molar-refractivity contribution is -0.143. The first-order chi connectivity index (χ1) is 9.70. The normalized spacial score (nSPS) is 12.1. The summed E-state index contributed by atoms with van der Waals surface area (Å²) in [5.74, 6) is -0.293. The van der Waals surface area contributed by atoms with E-state index in [1.807, 2.05) is 23.6 Å². The summed E-state index contributed by atoms with van der Waals surface area (Å²) in [5.41, 5.74) is 0.854. The minimum Gasteiger partial charge on any atom is -0.468 e. The van der Waals surface area contributed by atoms with Gasteiger partial charge >= 0.3 is 5.97 Å². The van der Waals surface area contributed by atoms with Crippen molar-refractivity contribution in [2.75, 3.05) is 13.7 Å². The Hall–Kier alpha value is -1.36.